The number of hydrogen-bond acceptors (Lipinski definition) is 3. The van der Waals surface area contributed by atoms with E-state index in [-0.39, 0.29) is 0 Å². The van der Waals surface area contributed by atoms with Crippen molar-refractivity contribution >= 4 is 23.8 Å². The third-order valence-corrected chi connectivity index (χ3v) is 2.95. The van der Waals surface area contributed by atoms with Gasteiger partial charge in [-0.2, -0.15) is 13.2 Å². The molecule has 0 radical (unpaired) electrons. The van der Waals surface area contributed by atoms with E-state index in [2.05, 4.69) is 4.74 Å². The van der Waals surface area contributed by atoms with Crippen molar-refractivity contribution in [3.05, 3.63) is 33.5 Å². The van der Waals surface area contributed by atoms with Crippen LogP contribution in [0.15, 0.2) is 11.8 Å². The van der Waals surface area contributed by atoms with Gasteiger partial charge in [-0.1, -0.05) is 11.6 Å². The zero-order chi connectivity index (χ0) is 20.9. The van der Waals surface area contributed by atoms with Crippen molar-refractivity contribution < 1.29 is 40.8 Å². The Labute approximate surface area is 131 Å². The number of carbonyl (C=O) groups is 1. The van der Waals surface area contributed by atoms with Crippen LogP contribution in [0.25, 0.3) is 6.08 Å². The molecule has 0 saturated carbocycles. The summed E-state index contributed by atoms with van der Waals surface area (Å²) >= 11 is 5.91. The highest BCUT2D eigenvalue weighted by molar-refractivity contribution is 6.32. The van der Waals surface area contributed by atoms with Crippen molar-refractivity contribution in [1.29, 1.82) is 0 Å². The van der Waals surface area contributed by atoms with Crippen molar-refractivity contribution in [2.24, 2.45) is 0 Å². The van der Waals surface area contributed by atoms with E-state index in [0.29, 0.717) is 12.1 Å². The summed E-state index contributed by atoms with van der Waals surface area (Å²) in [7, 11) is 0. The predicted octanol–water partition coefficient (Wildman–Crippen LogP) is 4.32. The first-order chi connectivity index (χ1) is 12.0. The standard InChI is InChI=1S/C13H10ClF3O4/c1-5-3-8-7(6(2)10(5)14)4-9(21-12(18)19)11(20-8)13(15,16)17/h3-4,11H,1-2H3,(H,18,19)/i1D3,2D3. The molecule has 0 spiro atoms. The van der Waals surface area contributed by atoms with Crippen molar-refractivity contribution in [1.82, 2.24) is 0 Å². The number of aryl methyl sites for hydroxylation is 1. The van der Waals surface area contributed by atoms with Crippen molar-refractivity contribution in [2.45, 2.75) is 26.0 Å². The molecule has 0 aliphatic carbocycles. The monoisotopic (exact) mass is 328 g/mol. The highest BCUT2D eigenvalue weighted by atomic mass is 35.5. The molecule has 21 heavy (non-hydrogen) atoms. The van der Waals surface area contributed by atoms with Gasteiger partial charge in [-0.05, 0) is 37.0 Å². The summed E-state index contributed by atoms with van der Waals surface area (Å²) < 4.78 is 93.2. The van der Waals surface area contributed by atoms with Gasteiger partial charge in [0, 0.05) is 18.8 Å². The maximum absolute atomic E-state index is 13.2. The number of hydrogen-bond donors (Lipinski definition) is 1. The Hall–Kier alpha value is -1.89. The van der Waals surface area contributed by atoms with Crippen LogP contribution in [-0.2, 0) is 4.74 Å². The Kier molecular flexibility index (Phi) is 2.25. The SMILES string of the molecule is [2H]C([2H])([2H])c1cc2c(c(C([2H])([2H])[2H])c1Cl)C=C(OC(=O)O)C(C(F)(F)F)O2. The molecule has 0 aromatic heterocycles. The fourth-order valence-corrected chi connectivity index (χ4v) is 1.86. The van der Waals surface area contributed by atoms with Crippen LogP contribution in [-0.4, -0.2) is 23.5 Å². The lowest BCUT2D eigenvalue weighted by Gasteiger charge is -2.28. The van der Waals surface area contributed by atoms with Gasteiger partial charge in [0.25, 0.3) is 6.10 Å². The molecule has 1 aromatic rings. The third kappa shape index (κ3) is 2.92. The van der Waals surface area contributed by atoms with Gasteiger partial charge in [-0.15, -0.1) is 0 Å². The number of alkyl halides is 3. The van der Waals surface area contributed by atoms with Crippen molar-refractivity contribution in [2.75, 3.05) is 0 Å². The predicted molar refractivity (Wildman–Crippen MR) is 68.5 cm³/mol. The van der Waals surface area contributed by atoms with Crippen LogP contribution in [0.1, 0.15) is 24.9 Å². The zero-order valence-electron chi connectivity index (χ0n) is 15.9. The van der Waals surface area contributed by atoms with E-state index in [1.165, 1.54) is 0 Å². The fourth-order valence-electron chi connectivity index (χ4n) is 1.70. The molecule has 0 bridgehead atoms. The molecule has 1 aromatic carbocycles. The van der Waals surface area contributed by atoms with E-state index in [4.69, 9.17) is 29.7 Å². The smallest absolute Gasteiger partial charge is 0.472 e. The number of rotatable bonds is 1. The highest BCUT2D eigenvalue weighted by Crippen LogP contribution is 2.41. The molecule has 1 aliphatic rings. The third-order valence-electron chi connectivity index (χ3n) is 2.56. The van der Waals surface area contributed by atoms with Gasteiger partial charge in [0.2, 0.25) is 0 Å². The van der Waals surface area contributed by atoms with Crippen LogP contribution in [0.2, 0.25) is 5.02 Å². The largest absolute Gasteiger partial charge is 0.511 e. The minimum atomic E-state index is -5.13. The Morgan fingerprint density at radius 1 is 1.52 bits per heavy atom. The highest BCUT2D eigenvalue weighted by Gasteiger charge is 2.48. The summed E-state index contributed by atoms with van der Waals surface area (Å²) in [6.45, 7) is -5.98. The van der Waals surface area contributed by atoms with E-state index in [0.717, 1.165) is 0 Å². The average molecular weight is 329 g/mol. The van der Waals surface area contributed by atoms with Crippen LogP contribution in [0, 0.1) is 13.7 Å². The van der Waals surface area contributed by atoms with Gasteiger partial charge >= 0.3 is 12.3 Å². The molecule has 1 heterocycles. The van der Waals surface area contributed by atoms with Gasteiger partial charge < -0.3 is 14.6 Å². The molecule has 114 valence electrons. The lowest BCUT2D eigenvalue weighted by Crippen LogP contribution is -2.39. The number of ether oxygens (including phenoxy) is 2. The van der Waals surface area contributed by atoms with Gasteiger partial charge in [0.15, 0.2) is 5.76 Å². The summed E-state index contributed by atoms with van der Waals surface area (Å²) in [5.74, 6) is -1.96. The molecule has 1 N–H and O–H groups in total. The lowest BCUT2D eigenvalue weighted by atomic mass is 10.00. The Bertz CT molecular complexity index is 816. The van der Waals surface area contributed by atoms with E-state index >= 15 is 0 Å². The fraction of sp³-hybridized carbons (Fsp3) is 0.308. The normalized spacial score (nSPS) is 23.0. The number of fused-ring (bicyclic) bond motifs is 1. The molecule has 8 heteroatoms. The van der Waals surface area contributed by atoms with Crippen LogP contribution in [0.3, 0.4) is 0 Å². The summed E-state index contributed by atoms with van der Waals surface area (Å²) in [6.07, 6.45) is -9.57. The van der Waals surface area contributed by atoms with E-state index in [1.54, 1.807) is 0 Å². The summed E-state index contributed by atoms with van der Waals surface area (Å²) in [5.41, 5.74) is -2.03. The Morgan fingerprint density at radius 3 is 2.76 bits per heavy atom. The maximum Gasteiger partial charge on any atom is 0.511 e. The minimum absolute atomic E-state index is 0.516. The van der Waals surface area contributed by atoms with Gasteiger partial charge in [-0.3, -0.25) is 0 Å². The Morgan fingerprint density at radius 2 is 2.24 bits per heavy atom. The van der Waals surface area contributed by atoms with E-state index in [1.807, 2.05) is 0 Å². The summed E-state index contributed by atoms with van der Waals surface area (Å²) in [5, 5.41) is 7.92. The van der Waals surface area contributed by atoms with Gasteiger partial charge in [0.1, 0.15) is 5.75 Å². The molecule has 4 nitrogen and oxygen atoms in total. The van der Waals surface area contributed by atoms with Crippen molar-refractivity contribution in [3.8, 4) is 5.75 Å². The van der Waals surface area contributed by atoms with Crippen LogP contribution < -0.4 is 4.74 Å². The number of halogens is 4. The first kappa shape index (κ1) is 9.19. The maximum atomic E-state index is 13.2. The van der Waals surface area contributed by atoms with Crippen LogP contribution in [0.5, 0.6) is 5.75 Å². The van der Waals surface area contributed by atoms with Gasteiger partial charge in [-0.25, -0.2) is 4.79 Å². The number of carboxylic acid groups (broad SMARTS) is 1. The first-order valence-electron chi connectivity index (χ1n) is 8.26. The van der Waals surface area contributed by atoms with E-state index < -0.39 is 65.4 Å². The van der Waals surface area contributed by atoms with Crippen LogP contribution >= 0.6 is 11.6 Å². The summed E-state index contributed by atoms with van der Waals surface area (Å²) in [6, 6.07) is 0.673. The molecule has 1 unspecified atom stereocenters. The molecule has 2 rings (SSSR count). The zero-order valence-corrected chi connectivity index (χ0v) is 10.7. The van der Waals surface area contributed by atoms with Crippen molar-refractivity contribution in [3.63, 3.8) is 0 Å². The molecule has 0 fully saturated rings. The molecule has 0 saturated heterocycles. The number of benzene rings is 1. The Balaban J connectivity index is 2.84. The first-order valence-corrected chi connectivity index (χ1v) is 5.64. The lowest BCUT2D eigenvalue weighted by molar-refractivity contribution is -0.191. The second kappa shape index (κ2) is 5.14. The molecule has 0 amide bonds. The topological polar surface area (TPSA) is 55.8 Å². The summed E-state index contributed by atoms with van der Waals surface area (Å²) in [4.78, 5) is 10.7. The quantitative estimate of drug-likeness (QED) is 0.780. The average Bonchev–Trinajstić information content (AvgIpc) is 2.41. The molecule has 1 aliphatic heterocycles. The second-order valence-electron chi connectivity index (χ2n) is 3.98. The van der Waals surface area contributed by atoms with E-state index in [9.17, 15) is 18.0 Å². The molecular formula is C13H10ClF3O4. The molecular weight excluding hydrogens is 313 g/mol. The van der Waals surface area contributed by atoms with Gasteiger partial charge in [0.05, 0.1) is 0 Å². The minimum Gasteiger partial charge on any atom is -0.472 e. The molecule has 1 atom stereocenters. The van der Waals surface area contributed by atoms with Crippen LogP contribution in [0.4, 0.5) is 18.0 Å². The second-order valence-corrected chi connectivity index (χ2v) is 4.36.